The molecule has 1 aromatic carbocycles. The highest BCUT2D eigenvalue weighted by Crippen LogP contribution is 2.32. The molecule has 2 aromatic rings. The first-order valence-electron chi connectivity index (χ1n) is 6.58. The fraction of sp³-hybridized carbons (Fsp3) is 0.333. The summed E-state index contributed by atoms with van der Waals surface area (Å²) >= 11 is 1.80. The second-order valence-electron chi connectivity index (χ2n) is 4.47. The zero-order valence-corrected chi connectivity index (χ0v) is 11.5. The number of rotatable bonds is 4. The highest BCUT2D eigenvalue weighted by Gasteiger charge is 2.10. The molecule has 0 amide bonds. The summed E-state index contributed by atoms with van der Waals surface area (Å²) in [4.78, 5) is 1.40. The van der Waals surface area contributed by atoms with Gasteiger partial charge in [-0.3, -0.25) is 0 Å². The number of nitrogens with one attached hydrogen (secondary N) is 1. The first-order chi connectivity index (χ1) is 9.42. The molecule has 0 aliphatic carbocycles. The van der Waals surface area contributed by atoms with Crippen molar-refractivity contribution in [3.05, 3.63) is 40.6 Å². The molecule has 1 aliphatic rings. The molecular weight excluding hydrogens is 258 g/mol. The Balaban J connectivity index is 1.60. The van der Waals surface area contributed by atoms with Gasteiger partial charge < -0.3 is 14.8 Å². The van der Waals surface area contributed by atoms with Crippen molar-refractivity contribution in [2.45, 2.75) is 12.8 Å². The van der Waals surface area contributed by atoms with Gasteiger partial charge in [-0.25, -0.2) is 0 Å². The Hall–Kier alpha value is -1.68. The summed E-state index contributed by atoms with van der Waals surface area (Å²) in [7, 11) is 0. The molecule has 4 heteroatoms. The highest BCUT2D eigenvalue weighted by atomic mass is 32.1. The normalized spacial score (nSPS) is 13.9. The van der Waals surface area contributed by atoms with E-state index in [9.17, 15) is 0 Å². The molecule has 0 bridgehead atoms. The standard InChI is InChI=1S/C15H17NO2S/c1-3-13(19-10-1)6-7-16-12-4-5-14-15(11-12)18-9-2-8-17-14/h1,3-5,10-11,16H,2,6-9H2. The summed E-state index contributed by atoms with van der Waals surface area (Å²) in [6.07, 6.45) is 1.99. The zero-order chi connectivity index (χ0) is 12.9. The van der Waals surface area contributed by atoms with Crippen LogP contribution in [0, 0.1) is 0 Å². The molecule has 0 radical (unpaired) electrons. The Morgan fingerprint density at radius 2 is 2.00 bits per heavy atom. The third kappa shape index (κ3) is 3.20. The van der Waals surface area contributed by atoms with Crippen molar-refractivity contribution in [1.29, 1.82) is 0 Å². The van der Waals surface area contributed by atoms with Crippen LogP contribution in [-0.4, -0.2) is 19.8 Å². The van der Waals surface area contributed by atoms with Gasteiger partial charge in [0.2, 0.25) is 0 Å². The topological polar surface area (TPSA) is 30.5 Å². The molecule has 0 saturated heterocycles. The van der Waals surface area contributed by atoms with Gasteiger partial charge in [-0.15, -0.1) is 11.3 Å². The second kappa shape index (κ2) is 5.97. The molecule has 0 fully saturated rings. The van der Waals surface area contributed by atoms with Gasteiger partial charge in [0.05, 0.1) is 13.2 Å². The van der Waals surface area contributed by atoms with E-state index in [2.05, 4.69) is 22.8 Å². The van der Waals surface area contributed by atoms with Crippen LogP contribution in [0.4, 0.5) is 5.69 Å². The lowest BCUT2D eigenvalue weighted by atomic mass is 10.2. The van der Waals surface area contributed by atoms with Crippen molar-refractivity contribution < 1.29 is 9.47 Å². The van der Waals surface area contributed by atoms with Crippen LogP contribution >= 0.6 is 11.3 Å². The second-order valence-corrected chi connectivity index (χ2v) is 5.50. The smallest absolute Gasteiger partial charge is 0.163 e. The fourth-order valence-electron chi connectivity index (χ4n) is 2.06. The monoisotopic (exact) mass is 275 g/mol. The minimum absolute atomic E-state index is 0.728. The van der Waals surface area contributed by atoms with Crippen LogP contribution < -0.4 is 14.8 Å². The van der Waals surface area contributed by atoms with Crippen LogP contribution in [-0.2, 0) is 6.42 Å². The van der Waals surface area contributed by atoms with Crippen molar-refractivity contribution in [1.82, 2.24) is 0 Å². The first kappa shape index (κ1) is 12.4. The number of benzene rings is 1. The third-order valence-electron chi connectivity index (χ3n) is 3.03. The lowest BCUT2D eigenvalue weighted by Gasteiger charge is -2.10. The van der Waals surface area contributed by atoms with E-state index in [0.717, 1.165) is 49.8 Å². The third-order valence-corrected chi connectivity index (χ3v) is 3.96. The number of hydrogen-bond acceptors (Lipinski definition) is 4. The Kier molecular flexibility index (Phi) is 3.89. The minimum Gasteiger partial charge on any atom is -0.490 e. The largest absolute Gasteiger partial charge is 0.490 e. The zero-order valence-electron chi connectivity index (χ0n) is 10.7. The van der Waals surface area contributed by atoms with E-state index in [1.54, 1.807) is 11.3 Å². The number of anilines is 1. The number of fused-ring (bicyclic) bond motifs is 1. The predicted octanol–water partition coefficient (Wildman–Crippen LogP) is 3.56. The summed E-state index contributed by atoms with van der Waals surface area (Å²) in [6, 6.07) is 10.3. The van der Waals surface area contributed by atoms with Crippen LogP contribution in [0.5, 0.6) is 11.5 Å². The Morgan fingerprint density at radius 1 is 1.11 bits per heavy atom. The minimum atomic E-state index is 0.728. The maximum atomic E-state index is 5.68. The van der Waals surface area contributed by atoms with E-state index in [4.69, 9.17) is 9.47 Å². The Morgan fingerprint density at radius 3 is 2.84 bits per heavy atom. The fourth-order valence-corrected chi connectivity index (χ4v) is 2.77. The van der Waals surface area contributed by atoms with Gasteiger partial charge in [-0.2, -0.15) is 0 Å². The molecule has 100 valence electrons. The van der Waals surface area contributed by atoms with Crippen LogP contribution in [0.3, 0.4) is 0 Å². The average Bonchev–Trinajstić information content (AvgIpc) is 2.83. The molecule has 0 atom stereocenters. The van der Waals surface area contributed by atoms with Gasteiger partial charge in [0.1, 0.15) is 0 Å². The summed E-state index contributed by atoms with van der Waals surface area (Å²) in [5, 5.41) is 5.54. The summed E-state index contributed by atoms with van der Waals surface area (Å²) in [6.45, 7) is 2.39. The average molecular weight is 275 g/mol. The molecule has 1 N–H and O–H groups in total. The van der Waals surface area contributed by atoms with Gasteiger partial charge >= 0.3 is 0 Å². The van der Waals surface area contributed by atoms with E-state index in [1.165, 1.54) is 4.88 Å². The van der Waals surface area contributed by atoms with Crippen LogP contribution in [0.25, 0.3) is 0 Å². The quantitative estimate of drug-likeness (QED) is 0.925. The van der Waals surface area contributed by atoms with E-state index in [-0.39, 0.29) is 0 Å². The number of hydrogen-bond donors (Lipinski definition) is 1. The van der Waals surface area contributed by atoms with E-state index < -0.39 is 0 Å². The van der Waals surface area contributed by atoms with Crippen LogP contribution in [0.2, 0.25) is 0 Å². The van der Waals surface area contributed by atoms with E-state index >= 15 is 0 Å². The maximum Gasteiger partial charge on any atom is 0.163 e. The number of ether oxygens (including phenoxy) is 2. The van der Waals surface area contributed by atoms with Crippen molar-refractivity contribution in [2.24, 2.45) is 0 Å². The lowest BCUT2D eigenvalue weighted by Crippen LogP contribution is -2.04. The van der Waals surface area contributed by atoms with Crippen molar-refractivity contribution in [3.63, 3.8) is 0 Å². The van der Waals surface area contributed by atoms with Gasteiger partial charge in [-0.1, -0.05) is 6.07 Å². The molecular formula is C15H17NO2S. The summed E-state index contributed by atoms with van der Waals surface area (Å²) in [5.41, 5.74) is 1.08. The van der Waals surface area contributed by atoms with Gasteiger partial charge in [-0.05, 0) is 30.0 Å². The first-order valence-corrected chi connectivity index (χ1v) is 7.46. The molecule has 3 rings (SSSR count). The lowest BCUT2D eigenvalue weighted by molar-refractivity contribution is 0.297. The molecule has 0 saturated carbocycles. The molecule has 19 heavy (non-hydrogen) atoms. The van der Waals surface area contributed by atoms with Crippen LogP contribution in [0.15, 0.2) is 35.7 Å². The maximum absolute atomic E-state index is 5.68. The molecule has 0 spiro atoms. The van der Waals surface area contributed by atoms with Gasteiger partial charge in [0, 0.05) is 29.6 Å². The predicted molar refractivity (Wildman–Crippen MR) is 78.6 cm³/mol. The highest BCUT2D eigenvalue weighted by molar-refractivity contribution is 7.09. The number of thiophene rings is 1. The molecule has 3 nitrogen and oxygen atoms in total. The van der Waals surface area contributed by atoms with Crippen molar-refractivity contribution in [3.8, 4) is 11.5 Å². The molecule has 1 aliphatic heterocycles. The molecule has 0 unspecified atom stereocenters. The van der Waals surface area contributed by atoms with Crippen LogP contribution in [0.1, 0.15) is 11.3 Å². The SMILES string of the molecule is c1csc(CCNc2ccc3c(c2)OCCCO3)c1. The Labute approximate surface area is 117 Å². The van der Waals surface area contributed by atoms with Crippen molar-refractivity contribution >= 4 is 17.0 Å². The van der Waals surface area contributed by atoms with E-state index in [1.807, 2.05) is 18.2 Å². The van der Waals surface area contributed by atoms with Crippen molar-refractivity contribution in [2.75, 3.05) is 25.1 Å². The molecule has 2 heterocycles. The molecule has 1 aromatic heterocycles. The van der Waals surface area contributed by atoms with Gasteiger partial charge in [0.15, 0.2) is 11.5 Å². The summed E-state index contributed by atoms with van der Waals surface area (Å²) < 4.78 is 11.3. The summed E-state index contributed by atoms with van der Waals surface area (Å²) in [5.74, 6) is 1.69. The Bertz CT molecular complexity index is 525. The van der Waals surface area contributed by atoms with E-state index in [0.29, 0.717) is 0 Å². The van der Waals surface area contributed by atoms with Gasteiger partial charge in [0.25, 0.3) is 0 Å².